The van der Waals surface area contributed by atoms with Crippen LogP contribution in [0.2, 0.25) is 0 Å². The van der Waals surface area contributed by atoms with Crippen LogP contribution in [0.4, 0.5) is 11.8 Å². The number of nitrogens with one attached hydrogen (secondary N) is 1. The number of anilines is 2. The molecule has 2 aromatic carbocycles. The third-order valence-electron chi connectivity index (χ3n) is 6.35. The van der Waals surface area contributed by atoms with Crippen LogP contribution in [-0.2, 0) is 11.3 Å². The van der Waals surface area contributed by atoms with Crippen molar-refractivity contribution >= 4 is 22.9 Å². The van der Waals surface area contributed by atoms with Gasteiger partial charge in [-0.1, -0.05) is 49.4 Å². The molecule has 11 heteroatoms. The second kappa shape index (κ2) is 10.7. The molecule has 0 saturated carbocycles. The van der Waals surface area contributed by atoms with Gasteiger partial charge in [-0.25, -0.2) is 15.0 Å². The van der Waals surface area contributed by atoms with Crippen molar-refractivity contribution in [2.24, 2.45) is 0 Å². The molecule has 4 aromatic rings. The van der Waals surface area contributed by atoms with Crippen LogP contribution in [0.5, 0.6) is 5.75 Å². The van der Waals surface area contributed by atoms with Gasteiger partial charge in [0.2, 0.25) is 5.95 Å². The third-order valence-corrected chi connectivity index (χ3v) is 6.35. The smallest absolute Gasteiger partial charge is 0.207 e. The van der Waals surface area contributed by atoms with E-state index in [1.54, 1.807) is 0 Å². The van der Waals surface area contributed by atoms with Crippen LogP contribution in [0, 0.1) is 0 Å². The normalized spacial score (nSPS) is 21.4. The number of aliphatic hydroxyl groups excluding tert-OH is 3. The third kappa shape index (κ3) is 4.81. The summed E-state index contributed by atoms with van der Waals surface area (Å²) in [6, 6.07) is 16.1. The van der Waals surface area contributed by atoms with Gasteiger partial charge >= 0.3 is 0 Å². The van der Waals surface area contributed by atoms with Crippen molar-refractivity contribution in [3.63, 3.8) is 0 Å². The molecule has 3 heterocycles. The molecule has 1 aliphatic heterocycles. The predicted molar refractivity (Wildman–Crippen MR) is 138 cm³/mol. The number of hydrogen-bond acceptors (Lipinski definition) is 10. The average molecular weight is 507 g/mol. The molecule has 37 heavy (non-hydrogen) atoms. The molecular formula is C26H30N6O5. The quantitative estimate of drug-likeness (QED) is 0.227. The van der Waals surface area contributed by atoms with Gasteiger partial charge in [-0.05, 0) is 23.6 Å². The van der Waals surface area contributed by atoms with Crippen LogP contribution in [0.1, 0.15) is 25.1 Å². The Morgan fingerprint density at radius 3 is 2.62 bits per heavy atom. The van der Waals surface area contributed by atoms with Gasteiger partial charge in [-0.2, -0.15) is 0 Å². The highest BCUT2D eigenvalue weighted by molar-refractivity contribution is 5.84. The van der Waals surface area contributed by atoms with Crippen molar-refractivity contribution in [3.05, 3.63) is 60.4 Å². The predicted octanol–water partition coefficient (Wildman–Crippen LogP) is 2.09. The number of rotatable bonds is 9. The SMILES string of the molecule is CCCOc1cc(-c2ccccc2)ccc1CNc1nc2c(N)ncnc2n1[C@@H]1O[C@H](CO)[C@@H](O)[C@H]1O. The molecule has 0 unspecified atom stereocenters. The maximum atomic E-state index is 10.7. The number of benzene rings is 2. The summed E-state index contributed by atoms with van der Waals surface area (Å²) in [5, 5.41) is 33.9. The summed E-state index contributed by atoms with van der Waals surface area (Å²) in [5.74, 6) is 1.22. The molecule has 0 radical (unpaired) electrons. The highest BCUT2D eigenvalue weighted by Gasteiger charge is 2.45. The molecule has 1 saturated heterocycles. The Morgan fingerprint density at radius 1 is 1.08 bits per heavy atom. The number of imidazole rings is 1. The van der Waals surface area contributed by atoms with E-state index >= 15 is 0 Å². The van der Waals surface area contributed by atoms with Gasteiger partial charge in [0.25, 0.3) is 0 Å². The van der Waals surface area contributed by atoms with Crippen molar-refractivity contribution in [1.29, 1.82) is 0 Å². The second-order valence-electron chi connectivity index (χ2n) is 8.86. The van der Waals surface area contributed by atoms with Crippen molar-refractivity contribution in [1.82, 2.24) is 19.5 Å². The van der Waals surface area contributed by atoms with Crippen LogP contribution in [0.3, 0.4) is 0 Å². The monoisotopic (exact) mass is 506 g/mol. The van der Waals surface area contributed by atoms with Gasteiger partial charge in [0.1, 0.15) is 30.4 Å². The summed E-state index contributed by atoms with van der Waals surface area (Å²) in [7, 11) is 0. The summed E-state index contributed by atoms with van der Waals surface area (Å²) >= 11 is 0. The van der Waals surface area contributed by atoms with Crippen molar-refractivity contribution in [3.8, 4) is 16.9 Å². The first-order chi connectivity index (χ1) is 18.0. The highest BCUT2D eigenvalue weighted by Crippen LogP contribution is 2.36. The van der Waals surface area contributed by atoms with Gasteiger partial charge < -0.3 is 35.8 Å². The van der Waals surface area contributed by atoms with Gasteiger partial charge in [0, 0.05) is 12.1 Å². The minimum Gasteiger partial charge on any atom is -0.493 e. The Morgan fingerprint density at radius 2 is 1.89 bits per heavy atom. The van der Waals surface area contributed by atoms with Crippen LogP contribution in [0.15, 0.2) is 54.9 Å². The number of fused-ring (bicyclic) bond motifs is 1. The fraction of sp³-hybridized carbons (Fsp3) is 0.346. The standard InChI is InChI=1S/C26H30N6O5/c1-2-10-36-18-11-16(15-6-4-3-5-7-15)8-9-17(18)12-28-26-31-20-23(27)29-14-30-24(20)32(26)25-22(35)21(34)19(13-33)37-25/h3-9,11,14,19,21-22,25,33-35H,2,10,12-13H2,1H3,(H,28,31)(H2,27,29,30)/t19-,21-,22-,25-/m1/s1. The fourth-order valence-corrected chi connectivity index (χ4v) is 4.42. The van der Waals surface area contributed by atoms with Crippen LogP contribution in [-0.4, -0.2) is 66.4 Å². The molecule has 0 spiro atoms. The van der Waals surface area contributed by atoms with E-state index in [9.17, 15) is 15.3 Å². The zero-order valence-electron chi connectivity index (χ0n) is 20.4. The fourth-order valence-electron chi connectivity index (χ4n) is 4.42. The number of nitrogen functional groups attached to an aromatic ring is 1. The van der Waals surface area contributed by atoms with Crippen LogP contribution in [0.25, 0.3) is 22.3 Å². The molecule has 2 aromatic heterocycles. The summed E-state index contributed by atoms with van der Waals surface area (Å²) in [6.45, 7) is 2.50. The van der Waals surface area contributed by atoms with Crippen molar-refractivity contribution < 1.29 is 24.8 Å². The first-order valence-electron chi connectivity index (χ1n) is 12.2. The number of ether oxygens (including phenoxy) is 2. The van der Waals surface area contributed by atoms with E-state index in [2.05, 4.69) is 20.3 Å². The molecular weight excluding hydrogens is 476 g/mol. The summed E-state index contributed by atoms with van der Waals surface area (Å²) < 4.78 is 13.4. The van der Waals surface area contributed by atoms with E-state index in [1.807, 2.05) is 55.5 Å². The summed E-state index contributed by atoms with van der Waals surface area (Å²) in [6.07, 6.45) is -2.45. The lowest BCUT2D eigenvalue weighted by molar-refractivity contribution is -0.0501. The average Bonchev–Trinajstić information content (AvgIpc) is 3.44. The molecule has 11 nitrogen and oxygen atoms in total. The Balaban J connectivity index is 1.49. The largest absolute Gasteiger partial charge is 0.493 e. The highest BCUT2D eigenvalue weighted by atomic mass is 16.6. The van der Waals surface area contributed by atoms with Gasteiger partial charge in [-0.3, -0.25) is 4.57 Å². The van der Waals surface area contributed by atoms with E-state index in [4.69, 9.17) is 15.2 Å². The first kappa shape index (κ1) is 24.9. The maximum absolute atomic E-state index is 10.7. The molecule has 194 valence electrons. The number of aliphatic hydroxyl groups is 3. The molecule has 1 fully saturated rings. The van der Waals surface area contributed by atoms with Crippen LogP contribution < -0.4 is 15.8 Å². The number of nitrogens with zero attached hydrogens (tertiary/aromatic N) is 4. The lowest BCUT2D eigenvalue weighted by Gasteiger charge is -2.20. The Bertz CT molecular complexity index is 1360. The molecule has 0 aliphatic carbocycles. The van der Waals surface area contributed by atoms with Gasteiger partial charge in [-0.15, -0.1) is 0 Å². The Kier molecular flexibility index (Phi) is 7.19. The van der Waals surface area contributed by atoms with E-state index in [0.717, 1.165) is 28.9 Å². The van der Waals surface area contributed by atoms with E-state index in [-0.39, 0.29) is 5.82 Å². The Labute approximate surface area is 213 Å². The summed E-state index contributed by atoms with van der Waals surface area (Å²) in [5.41, 5.74) is 9.71. The van der Waals surface area contributed by atoms with Crippen molar-refractivity contribution in [2.75, 3.05) is 24.3 Å². The minimum atomic E-state index is -1.32. The molecule has 0 amide bonds. The van der Waals surface area contributed by atoms with E-state index < -0.39 is 31.1 Å². The van der Waals surface area contributed by atoms with Gasteiger partial charge in [0.15, 0.2) is 23.2 Å². The second-order valence-corrected chi connectivity index (χ2v) is 8.86. The number of nitrogens with two attached hydrogens (primary N) is 1. The topological polar surface area (TPSA) is 161 Å². The van der Waals surface area contributed by atoms with Crippen molar-refractivity contribution in [2.45, 2.75) is 44.4 Å². The summed E-state index contributed by atoms with van der Waals surface area (Å²) in [4.78, 5) is 12.9. The molecule has 1 aliphatic rings. The zero-order chi connectivity index (χ0) is 25.9. The molecule has 0 bridgehead atoms. The molecule has 5 rings (SSSR count). The lowest BCUT2D eigenvalue weighted by atomic mass is 10.0. The number of aromatic nitrogens is 4. The zero-order valence-corrected chi connectivity index (χ0v) is 20.4. The minimum absolute atomic E-state index is 0.165. The Hall–Kier alpha value is -3.77. The van der Waals surface area contributed by atoms with E-state index in [1.165, 1.54) is 10.9 Å². The van der Waals surface area contributed by atoms with Crippen LogP contribution >= 0.6 is 0 Å². The molecule has 6 N–H and O–H groups in total. The van der Waals surface area contributed by atoms with E-state index in [0.29, 0.717) is 30.3 Å². The lowest BCUT2D eigenvalue weighted by Crippen LogP contribution is -2.33. The molecule has 4 atom stereocenters. The maximum Gasteiger partial charge on any atom is 0.207 e. The number of hydrogen-bond donors (Lipinski definition) is 5. The first-order valence-corrected chi connectivity index (χ1v) is 12.2. The van der Waals surface area contributed by atoms with Gasteiger partial charge in [0.05, 0.1) is 13.2 Å².